The summed E-state index contributed by atoms with van der Waals surface area (Å²) in [6.07, 6.45) is 1.58. The molecule has 6 nitrogen and oxygen atoms in total. The van der Waals surface area contributed by atoms with Crippen molar-refractivity contribution in [2.45, 2.75) is 0 Å². The number of halogens is 2. The second-order valence-corrected chi connectivity index (χ2v) is 7.67. The SMILES string of the molecule is O=C(c1cc(-c2cccs2)[nH]n1)N1CCN(c2ncc(Cl)cc2Cl)CC1. The number of hydrogen-bond acceptors (Lipinski definition) is 5. The topological polar surface area (TPSA) is 65.1 Å². The Morgan fingerprint density at radius 3 is 2.69 bits per heavy atom. The Balaban J connectivity index is 1.42. The number of rotatable bonds is 3. The van der Waals surface area contributed by atoms with Gasteiger partial charge in [0.25, 0.3) is 5.91 Å². The lowest BCUT2D eigenvalue weighted by atomic mass is 10.2. The molecule has 0 aliphatic carbocycles. The van der Waals surface area contributed by atoms with Crippen molar-refractivity contribution < 1.29 is 4.79 Å². The number of carbonyl (C=O) groups is 1. The summed E-state index contributed by atoms with van der Waals surface area (Å²) in [5, 5.41) is 10.1. The number of nitrogens with one attached hydrogen (secondary N) is 1. The summed E-state index contributed by atoms with van der Waals surface area (Å²) in [4.78, 5) is 21.9. The molecule has 4 rings (SSSR count). The molecule has 0 saturated carbocycles. The monoisotopic (exact) mass is 407 g/mol. The second kappa shape index (κ2) is 7.26. The van der Waals surface area contributed by atoms with E-state index in [4.69, 9.17) is 23.2 Å². The van der Waals surface area contributed by atoms with Gasteiger partial charge >= 0.3 is 0 Å². The van der Waals surface area contributed by atoms with Crippen LogP contribution in [0, 0.1) is 0 Å². The highest BCUT2D eigenvalue weighted by Gasteiger charge is 2.25. The van der Waals surface area contributed by atoms with E-state index in [1.165, 1.54) is 0 Å². The lowest BCUT2D eigenvalue weighted by Crippen LogP contribution is -2.49. The molecule has 26 heavy (non-hydrogen) atoms. The average Bonchev–Trinajstić information content (AvgIpc) is 3.33. The molecule has 4 heterocycles. The fourth-order valence-corrected chi connectivity index (χ4v) is 4.10. The first kappa shape index (κ1) is 17.3. The van der Waals surface area contributed by atoms with Crippen molar-refractivity contribution in [3.8, 4) is 10.6 Å². The zero-order chi connectivity index (χ0) is 18.1. The number of thiophene rings is 1. The predicted molar refractivity (Wildman–Crippen MR) is 104 cm³/mol. The van der Waals surface area contributed by atoms with E-state index >= 15 is 0 Å². The number of aromatic nitrogens is 3. The van der Waals surface area contributed by atoms with Gasteiger partial charge in [-0.15, -0.1) is 11.3 Å². The van der Waals surface area contributed by atoms with Crippen molar-refractivity contribution in [1.29, 1.82) is 0 Å². The average molecular weight is 408 g/mol. The summed E-state index contributed by atoms with van der Waals surface area (Å²) in [5.41, 5.74) is 1.30. The Morgan fingerprint density at radius 1 is 1.19 bits per heavy atom. The molecule has 1 aliphatic heterocycles. The van der Waals surface area contributed by atoms with E-state index in [2.05, 4.69) is 20.1 Å². The van der Waals surface area contributed by atoms with E-state index in [-0.39, 0.29) is 5.91 Å². The van der Waals surface area contributed by atoms with Gasteiger partial charge in [0.1, 0.15) is 5.82 Å². The number of anilines is 1. The quantitative estimate of drug-likeness (QED) is 0.716. The van der Waals surface area contributed by atoms with Gasteiger partial charge in [-0.25, -0.2) is 4.98 Å². The Bertz CT molecular complexity index is 919. The molecule has 1 aliphatic rings. The van der Waals surface area contributed by atoms with Crippen LogP contribution >= 0.6 is 34.5 Å². The normalized spacial score (nSPS) is 14.7. The molecule has 3 aromatic rings. The first-order chi connectivity index (χ1) is 12.6. The van der Waals surface area contributed by atoms with Crippen LogP contribution in [-0.2, 0) is 0 Å². The number of nitrogens with zero attached hydrogens (tertiary/aromatic N) is 4. The first-order valence-electron chi connectivity index (χ1n) is 8.06. The van der Waals surface area contributed by atoms with Crippen LogP contribution in [0.3, 0.4) is 0 Å². The molecule has 1 fully saturated rings. The summed E-state index contributed by atoms with van der Waals surface area (Å²) in [7, 11) is 0. The van der Waals surface area contributed by atoms with Gasteiger partial charge in [0.15, 0.2) is 5.69 Å². The third-order valence-electron chi connectivity index (χ3n) is 4.24. The maximum absolute atomic E-state index is 12.7. The minimum absolute atomic E-state index is 0.0705. The molecular weight excluding hydrogens is 393 g/mol. The highest BCUT2D eigenvalue weighted by molar-refractivity contribution is 7.13. The van der Waals surface area contributed by atoms with Crippen molar-refractivity contribution >= 4 is 46.3 Å². The van der Waals surface area contributed by atoms with Crippen LogP contribution in [0.4, 0.5) is 5.82 Å². The van der Waals surface area contributed by atoms with Crippen molar-refractivity contribution in [3.63, 3.8) is 0 Å². The number of H-pyrrole nitrogens is 1. The van der Waals surface area contributed by atoms with Crippen molar-refractivity contribution in [1.82, 2.24) is 20.1 Å². The zero-order valence-corrected chi connectivity index (χ0v) is 16.0. The summed E-state index contributed by atoms with van der Waals surface area (Å²) < 4.78 is 0. The second-order valence-electron chi connectivity index (χ2n) is 5.88. The number of pyridine rings is 1. The standard InChI is InChI=1S/C17H15Cl2N5OS/c18-11-8-12(19)16(20-10-11)23-3-5-24(6-4-23)17(25)14-9-13(21-22-14)15-2-1-7-26-15/h1-2,7-10H,3-6H2,(H,21,22). The molecule has 1 saturated heterocycles. The van der Waals surface area contributed by atoms with Crippen molar-refractivity contribution in [3.05, 3.63) is 51.6 Å². The predicted octanol–water partition coefficient (Wildman–Crippen LogP) is 3.80. The molecule has 134 valence electrons. The Labute approximate surface area is 164 Å². The third kappa shape index (κ3) is 3.42. The fourth-order valence-electron chi connectivity index (χ4n) is 2.91. The summed E-state index contributed by atoms with van der Waals surface area (Å²) in [5.74, 6) is 0.627. The number of aromatic amines is 1. The van der Waals surface area contributed by atoms with Gasteiger partial charge in [-0.3, -0.25) is 9.89 Å². The van der Waals surface area contributed by atoms with Crippen LogP contribution in [-0.4, -0.2) is 52.2 Å². The Morgan fingerprint density at radius 2 is 2.00 bits per heavy atom. The maximum atomic E-state index is 12.7. The molecule has 9 heteroatoms. The molecule has 3 aromatic heterocycles. The summed E-state index contributed by atoms with van der Waals surface area (Å²) in [6, 6.07) is 7.45. The van der Waals surface area contributed by atoms with Crippen LogP contribution in [0.1, 0.15) is 10.5 Å². The van der Waals surface area contributed by atoms with Crippen molar-refractivity contribution in [2.24, 2.45) is 0 Å². The fraction of sp³-hybridized carbons (Fsp3) is 0.235. The minimum atomic E-state index is -0.0705. The number of amides is 1. The zero-order valence-electron chi connectivity index (χ0n) is 13.7. The van der Waals surface area contributed by atoms with Crippen LogP contribution in [0.5, 0.6) is 0 Å². The van der Waals surface area contributed by atoms with Crippen LogP contribution in [0.15, 0.2) is 35.8 Å². The summed E-state index contributed by atoms with van der Waals surface area (Å²) in [6.45, 7) is 2.48. The van der Waals surface area contributed by atoms with Gasteiger partial charge in [0, 0.05) is 32.4 Å². The Kier molecular flexibility index (Phi) is 4.84. The smallest absolute Gasteiger partial charge is 0.274 e. The third-order valence-corrected chi connectivity index (χ3v) is 5.63. The molecule has 0 aromatic carbocycles. The van der Waals surface area contributed by atoms with E-state index in [1.54, 1.807) is 34.6 Å². The van der Waals surface area contributed by atoms with E-state index in [9.17, 15) is 4.79 Å². The minimum Gasteiger partial charge on any atom is -0.352 e. The van der Waals surface area contributed by atoms with Gasteiger partial charge in [-0.1, -0.05) is 29.3 Å². The first-order valence-corrected chi connectivity index (χ1v) is 9.70. The lowest BCUT2D eigenvalue weighted by Gasteiger charge is -2.35. The number of piperazine rings is 1. The molecule has 1 amide bonds. The van der Waals surface area contributed by atoms with Gasteiger partial charge in [0.2, 0.25) is 0 Å². The van der Waals surface area contributed by atoms with Crippen LogP contribution < -0.4 is 4.90 Å². The van der Waals surface area contributed by atoms with Gasteiger partial charge in [-0.05, 0) is 23.6 Å². The summed E-state index contributed by atoms with van der Waals surface area (Å²) >= 11 is 13.7. The van der Waals surface area contributed by atoms with Gasteiger partial charge in [0.05, 0.1) is 20.6 Å². The van der Waals surface area contributed by atoms with Crippen LogP contribution in [0.25, 0.3) is 10.6 Å². The van der Waals surface area contributed by atoms with E-state index in [1.807, 2.05) is 17.5 Å². The van der Waals surface area contributed by atoms with Gasteiger partial charge < -0.3 is 9.80 Å². The molecule has 0 unspecified atom stereocenters. The lowest BCUT2D eigenvalue weighted by molar-refractivity contribution is 0.0740. The molecule has 0 bridgehead atoms. The molecule has 1 N–H and O–H groups in total. The molecule has 0 radical (unpaired) electrons. The van der Waals surface area contributed by atoms with Gasteiger partial charge in [-0.2, -0.15) is 5.10 Å². The van der Waals surface area contributed by atoms with E-state index in [0.29, 0.717) is 47.7 Å². The number of hydrogen-bond donors (Lipinski definition) is 1. The Hall–Kier alpha value is -2.09. The van der Waals surface area contributed by atoms with Crippen molar-refractivity contribution in [2.75, 3.05) is 31.1 Å². The molecule has 0 spiro atoms. The highest BCUT2D eigenvalue weighted by atomic mass is 35.5. The molecular formula is C17H15Cl2N5OS. The van der Waals surface area contributed by atoms with E-state index < -0.39 is 0 Å². The highest BCUT2D eigenvalue weighted by Crippen LogP contribution is 2.27. The van der Waals surface area contributed by atoms with E-state index in [0.717, 1.165) is 10.6 Å². The largest absolute Gasteiger partial charge is 0.352 e. The van der Waals surface area contributed by atoms with Crippen LogP contribution in [0.2, 0.25) is 10.0 Å². The number of carbonyl (C=O) groups excluding carboxylic acids is 1. The maximum Gasteiger partial charge on any atom is 0.274 e. The molecule has 0 atom stereocenters.